The largest absolute Gasteiger partial charge is 0.472 e. The zero-order valence-electron chi connectivity index (χ0n) is 10.8. The zero-order chi connectivity index (χ0) is 13.7. The molecule has 0 bridgehead atoms. The van der Waals surface area contributed by atoms with Crippen molar-refractivity contribution in [2.45, 2.75) is 25.8 Å². The molecular weight excluding hydrogens is 265 g/mol. The monoisotopic (exact) mass is 281 g/mol. The first-order valence-electron chi connectivity index (χ1n) is 6.40. The van der Waals surface area contributed by atoms with Crippen LogP contribution in [0.25, 0.3) is 0 Å². The molecule has 0 aliphatic carbocycles. The van der Waals surface area contributed by atoms with E-state index in [1.165, 1.54) is 6.07 Å². The third-order valence-corrected chi connectivity index (χ3v) is 3.25. The molecule has 19 heavy (non-hydrogen) atoms. The Morgan fingerprint density at radius 1 is 1.37 bits per heavy atom. The van der Waals surface area contributed by atoms with E-state index in [1.807, 2.05) is 6.07 Å². The van der Waals surface area contributed by atoms with Crippen molar-refractivity contribution in [2.24, 2.45) is 0 Å². The van der Waals surface area contributed by atoms with Crippen LogP contribution in [0.1, 0.15) is 30.5 Å². The second kappa shape index (κ2) is 6.73. The normalized spacial score (nSPS) is 12.6. The Morgan fingerprint density at radius 3 is 2.89 bits per heavy atom. The average molecular weight is 282 g/mol. The molecule has 0 saturated carbocycles. The van der Waals surface area contributed by atoms with Gasteiger partial charge in [0.25, 0.3) is 0 Å². The highest BCUT2D eigenvalue weighted by molar-refractivity contribution is 6.30. The minimum atomic E-state index is -0.226. The number of benzene rings is 1. The maximum atomic E-state index is 13.8. The molecule has 0 aliphatic heterocycles. The maximum Gasteiger partial charge on any atom is 0.126 e. The SMILES string of the molecule is CCCNC(Cc1cc(Cl)ccc1F)c1ccoc1. The smallest absolute Gasteiger partial charge is 0.126 e. The second-order valence-electron chi connectivity index (χ2n) is 4.50. The van der Waals surface area contributed by atoms with Crippen LogP contribution in [0.5, 0.6) is 0 Å². The van der Waals surface area contributed by atoms with Gasteiger partial charge < -0.3 is 9.73 Å². The molecule has 2 nitrogen and oxygen atoms in total. The fourth-order valence-corrected chi connectivity index (χ4v) is 2.21. The lowest BCUT2D eigenvalue weighted by Crippen LogP contribution is -2.24. The second-order valence-corrected chi connectivity index (χ2v) is 4.94. The van der Waals surface area contributed by atoms with Crippen LogP contribution in [-0.4, -0.2) is 6.54 Å². The quantitative estimate of drug-likeness (QED) is 0.851. The summed E-state index contributed by atoms with van der Waals surface area (Å²) in [6.45, 7) is 2.97. The van der Waals surface area contributed by atoms with Crippen LogP contribution in [0, 0.1) is 5.82 Å². The lowest BCUT2D eigenvalue weighted by molar-refractivity contribution is 0.501. The van der Waals surface area contributed by atoms with Gasteiger partial charge in [0.05, 0.1) is 12.5 Å². The lowest BCUT2D eigenvalue weighted by Gasteiger charge is -2.17. The minimum Gasteiger partial charge on any atom is -0.472 e. The summed E-state index contributed by atoms with van der Waals surface area (Å²) in [5, 5.41) is 3.95. The Hall–Kier alpha value is -1.32. The molecule has 4 heteroatoms. The van der Waals surface area contributed by atoms with Gasteiger partial charge in [0, 0.05) is 16.6 Å². The van der Waals surface area contributed by atoms with Crippen molar-refractivity contribution in [3.05, 3.63) is 58.8 Å². The minimum absolute atomic E-state index is 0.0340. The highest BCUT2D eigenvalue weighted by atomic mass is 35.5. The first-order chi connectivity index (χ1) is 9.20. The van der Waals surface area contributed by atoms with E-state index in [2.05, 4.69) is 12.2 Å². The molecule has 0 amide bonds. The fourth-order valence-electron chi connectivity index (χ4n) is 2.02. The lowest BCUT2D eigenvalue weighted by atomic mass is 10.0. The van der Waals surface area contributed by atoms with Crippen LogP contribution in [0.4, 0.5) is 4.39 Å². The Kier molecular flexibility index (Phi) is 5.00. The molecular formula is C15H17ClFNO. The van der Waals surface area contributed by atoms with Crippen LogP contribution in [0.3, 0.4) is 0 Å². The van der Waals surface area contributed by atoms with Crippen LogP contribution >= 0.6 is 11.6 Å². The zero-order valence-corrected chi connectivity index (χ0v) is 11.6. The van der Waals surface area contributed by atoms with Crippen molar-refractivity contribution < 1.29 is 8.81 Å². The van der Waals surface area contributed by atoms with Crippen molar-refractivity contribution in [3.8, 4) is 0 Å². The molecule has 1 aromatic carbocycles. The Morgan fingerprint density at radius 2 is 2.21 bits per heavy atom. The first-order valence-corrected chi connectivity index (χ1v) is 6.78. The number of rotatable bonds is 6. The van der Waals surface area contributed by atoms with E-state index in [9.17, 15) is 4.39 Å². The fraction of sp³-hybridized carbons (Fsp3) is 0.333. The molecule has 102 valence electrons. The van der Waals surface area contributed by atoms with E-state index in [-0.39, 0.29) is 11.9 Å². The molecule has 0 spiro atoms. The Balaban J connectivity index is 2.17. The van der Waals surface area contributed by atoms with Gasteiger partial charge in [0.2, 0.25) is 0 Å². The van der Waals surface area contributed by atoms with Crippen molar-refractivity contribution in [1.82, 2.24) is 5.32 Å². The number of nitrogens with one attached hydrogen (secondary N) is 1. The van der Waals surface area contributed by atoms with Crippen LogP contribution in [-0.2, 0) is 6.42 Å². The molecule has 1 heterocycles. The van der Waals surface area contributed by atoms with Gasteiger partial charge in [0.1, 0.15) is 5.82 Å². The summed E-state index contributed by atoms with van der Waals surface area (Å²) in [6.07, 6.45) is 4.89. The number of furan rings is 1. The van der Waals surface area contributed by atoms with Gasteiger partial charge in [-0.2, -0.15) is 0 Å². The molecule has 1 unspecified atom stereocenters. The highest BCUT2D eigenvalue weighted by Crippen LogP contribution is 2.23. The van der Waals surface area contributed by atoms with Crippen molar-refractivity contribution in [1.29, 1.82) is 0 Å². The van der Waals surface area contributed by atoms with E-state index >= 15 is 0 Å². The van der Waals surface area contributed by atoms with E-state index in [4.69, 9.17) is 16.0 Å². The number of hydrogen-bond donors (Lipinski definition) is 1. The summed E-state index contributed by atoms with van der Waals surface area (Å²) in [4.78, 5) is 0. The third-order valence-electron chi connectivity index (χ3n) is 3.02. The summed E-state index contributed by atoms with van der Waals surface area (Å²) in [5.41, 5.74) is 1.63. The molecule has 2 aromatic rings. The summed E-state index contributed by atoms with van der Waals surface area (Å²) < 4.78 is 18.9. The van der Waals surface area contributed by atoms with E-state index in [0.717, 1.165) is 18.5 Å². The summed E-state index contributed by atoms with van der Waals surface area (Å²) in [6, 6.07) is 6.58. The van der Waals surface area contributed by atoms with E-state index in [1.54, 1.807) is 24.7 Å². The molecule has 1 atom stereocenters. The Labute approximate surface area is 117 Å². The van der Waals surface area contributed by atoms with E-state index < -0.39 is 0 Å². The predicted octanol–water partition coefficient (Wildman–Crippen LogP) is 4.36. The Bertz CT molecular complexity index is 513. The molecule has 1 aromatic heterocycles. The average Bonchev–Trinajstić information content (AvgIpc) is 2.92. The van der Waals surface area contributed by atoms with Gasteiger partial charge in [-0.3, -0.25) is 0 Å². The summed E-state index contributed by atoms with van der Waals surface area (Å²) in [7, 11) is 0. The van der Waals surface area contributed by atoms with Gasteiger partial charge in [0.15, 0.2) is 0 Å². The van der Waals surface area contributed by atoms with Gasteiger partial charge >= 0.3 is 0 Å². The van der Waals surface area contributed by atoms with Crippen LogP contribution in [0.15, 0.2) is 41.2 Å². The topological polar surface area (TPSA) is 25.2 Å². The van der Waals surface area contributed by atoms with Crippen molar-refractivity contribution in [2.75, 3.05) is 6.54 Å². The third kappa shape index (κ3) is 3.82. The summed E-state index contributed by atoms with van der Waals surface area (Å²) in [5.74, 6) is -0.226. The van der Waals surface area contributed by atoms with Crippen LogP contribution < -0.4 is 5.32 Å². The van der Waals surface area contributed by atoms with Crippen LogP contribution in [0.2, 0.25) is 5.02 Å². The van der Waals surface area contributed by atoms with Gasteiger partial charge in [-0.15, -0.1) is 0 Å². The number of halogens is 2. The molecule has 0 saturated heterocycles. The standard InChI is InChI=1S/C15H17ClFNO/c1-2-6-18-15(11-5-7-19-10-11)9-12-8-13(16)3-4-14(12)17/h3-5,7-8,10,15,18H,2,6,9H2,1H3. The summed E-state index contributed by atoms with van der Waals surface area (Å²) >= 11 is 5.92. The van der Waals surface area contributed by atoms with Crippen molar-refractivity contribution >= 4 is 11.6 Å². The predicted molar refractivity (Wildman–Crippen MR) is 74.9 cm³/mol. The van der Waals surface area contributed by atoms with Gasteiger partial charge in [-0.1, -0.05) is 18.5 Å². The van der Waals surface area contributed by atoms with Gasteiger partial charge in [-0.25, -0.2) is 4.39 Å². The van der Waals surface area contributed by atoms with Gasteiger partial charge in [-0.05, 0) is 49.2 Å². The molecule has 1 N–H and O–H groups in total. The van der Waals surface area contributed by atoms with E-state index in [0.29, 0.717) is 17.0 Å². The molecule has 0 aliphatic rings. The molecule has 0 fully saturated rings. The van der Waals surface area contributed by atoms with Crippen molar-refractivity contribution in [3.63, 3.8) is 0 Å². The number of hydrogen-bond acceptors (Lipinski definition) is 2. The highest BCUT2D eigenvalue weighted by Gasteiger charge is 2.15. The molecule has 2 rings (SSSR count). The maximum absolute atomic E-state index is 13.8. The first kappa shape index (κ1) is 14.1. The molecule has 0 radical (unpaired) electrons.